The average Bonchev–Trinajstić information content (AvgIpc) is 2.28. The summed E-state index contributed by atoms with van der Waals surface area (Å²) in [6.45, 7) is 2.33. The molecule has 0 aromatic heterocycles. The Labute approximate surface area is 96.1 Å². The molecule has 1 fully saturated rings. The van der Waals surface area contributed by atoms with Crippen molar-refractivity contribution >= 4 is 18.0 Å². The van der Waals surface area contributed by atoms with E-state index in [0.29, 0.717) is 13.0 Å². The molecule has 0 spiro atoms. The summed E-state index contributed by atoms with van der Waals surface area (Å²) in [6.07, 6.45) is 5.58. The maximum absolute atomic E-state index is 11.7. The van der Waals surface area contributed by atoms with E-state index in [1.807, 2.05) is 6.92 Å². The lowest BCUT2D eigenvalue weighted by molar-refractivity contribution is -0.140. The molecular weight excluding hydrogens is 206 g/mol. The highest BCUT2D eigenvalue weighted by atomic mass is 16.5. The van der Waals surface area contributed by atoms with Gasteiger partial charge in [-0.25, -0.2) is 0 Å². The minimum atomic E-state index is -0.408. The summed E-state index contributed by atoms with van der Waals surface area (Å²) in [5.74, 6) is -0.00200. The molecule has 0 amide bonds. The van der Waals surface area contributed by atoms with Crippen molar-refractivity contribution in [2.75, 3.05) is 13.7 Å². The molecule has 4 heteroatoms. The summed E-state index contributed by atoms with van der Waals surface area (Å²) in [5, 5.41) is 0. The van der Waals surface area contributed by atoms with Gasteiger partial charge in [-0.3, -0.25) is 14.6 Å². The summed E-state index contributed by atoms with van der Waals surface area (Å²) < 4.78 is 4.51. The van der Waals surface area contributed by atoms with Crippen LogP contribution in [0.25, 0.3) is 0 Å². The van der Waals surface area contributed by atoms with Crippen LogP contribution in [0.15, 0.2) is 4.99 Å². The third kappa shape index (κ3) is 3.43. The van der Waals surface area contributed by atoms with Gasteiger partial charge in [0.2, 0.25) is 0 Å². The number of esters is 1. The van der Waals surface area contributed by atoms with E-state index in [4.69, 9.17) is 0 Å². The van der Waals surface area contributed by atoms with Gasteiger partial charge in [-0.2, -0.15) is 0 Å². The van der Waals surface area contributed by atoms with Gasteiger partial charge in [0.25, 0.3) is 0 Å². The van der Waals surface area contributed by atoms with Crippen LogP contribution in [-0.2, 0) is 14.3 Å². The number of carbonyl (C=O) groups excluding carboxylic acids is 2. The van der Waals surface area contributed by atoms with Crippen molar-refractivity contribution in [3.8, 4) is 0 Å². The van der Waals surface area contributed by atoms with Crippen LogP contribution in [0.5, 0.6) is 0 Å². The van der Waals surface area contributed by atoms with Gasteiger partial charge in [0, 0.05) is 19.2 Å². The maximum Gasteiger partial charge on any atom is 0.307 e. The van der Waals surface area contributed by atoms with Crippen molar-refractivity contribution in [2.24, 2.45) is 10.4 Å². The number of Topliss-reactive ketones (excluding diaryl/α,β-unsaturated/α-hetero) is 1. The highest BCUT2D eigenvalue weighted by Crippen LogP contribution is 2.30. The summed E-state index contributed by atoms with van der Waals surface area (Å²) in [5.41, 5.74) is -0.408. The predicted octanol–water partition coefficient (Wildman–Crippen LogP) is 1.77. The Morgan fingerprint density at radius 2 is 2.31 bits per heavy atom. The van der Waals surface area contributed by atoms with Gasteiger partial charge in [-0.05, 0) is 19.8 Å². The molecule has 0 aromatic rings. The number of methoxy groups -OCH3 is 1. The number of aliphatic imine (C=N–C) groups is 1. The van der Waals surface area contributed by atoms with E-state index >= 15 is 0 Å². The fourth-order valence-corrected chi connectivity index (χ4v) is 1.86. The number of hydrogen-bond donors (Lipinski definition) is 0. The van der Waals surface area contributed by atoms with Crippen LogP contribution in [0.2, 0.25) is 0 Å². The molecule has 0 aliphatic heterocycles. The lowest BCUT2D eigenvalue weighted by Gasteiger charge is -2.27. The van der Waals surface area contributed by atoms with Crippen LogP contribution in [0.1, 0.15) is 39.0 Å². The van der Waals surface area contributed by atoms with Crippen LogP contribution in [0, 0.1) is 5.41 Å². The van der Waals surface area contributed by atoms with Gasteiger partial charge in [-0.1, -0.05) is 6.42 Å². The first-order valence-electron chi connectivity index (χ1n) is 5.69. The Morgan fingerprint density at radius 3 is 2.94 bits per heavy atom. The molecule has 0 aromatic carbocycles. The van der Waals surface area contributed by atoms with E-state index in [-0.39, 0.29) is 18.2 Å². The molecule has 16 heavy (non-hydrogen) atoms. The van der Waals surface area contributed by atoms with Crippen LogP contribution in [0.4, 0.5) is 0 Å². The fourth-order valence-electron chi connectivity index (χ4n) is 1.86. The Bertz CT molecular complexity index is 299. The fraction of sp³-hybridized carbons (Fsp3) is 0.750. The third-order valence-corrected chi connectivity index (χ3v) is 3.04. The number of nitrogens with zero attached hydrogens (tertiary/aromatic N) is 1. The molecule has 1 saturated carbocycles. The van der Waals surface area contributed by atoms with E-state index in [1.165, 1.54) is 7.11 Å². The molecule has 90 valence electrons. The standard InChI is InChI=1S/C12H19NO3/c1-12(7-4-3-5-10(12)14)9-13-8-6-11(15)16-2/h9H,3-8H2,1-2H3. The van der Waals surface area contributed by atoms with Gasteiger partial charge < -0.3 is 4.74 Å². The molecule has 0 bridgehead atoms. The maximum atomic E-state index is 11.7. The van der Waals surface area contributed by atoms with Crippen molar-refractivity contribution in [3.63, 3.8) is 0 Å². The quantitative estimate of drug-likeness (QED) is 0.541. The van der Waals surface area contributed by atoms with Crippen molar-refractivity contribution in [2.45, 2.75) is 39.0 Å². The zero-order chi connectivity index (χ0) is 12.0. The summed E-state index contributed by atoms with van der Waals surface area (Å²) in [7, 11) is 1.36. The third-order valence-electron chi connectivity index (χ3n) is 3.04. The number of ether oxygens (including phenoxy) is 1. The van der Waals surface area contributed by atoms with Gasteiger partial charge in [0.05, 0.1) is 18.9 Å². The molecule has 4 nitrogen and oxygen atoms in total. The molecule has 0 saturated heterocycles. The molecule has 1 aliphatic carbocycles. The lowest BCUT2D eigenvalue weighted by atomic mass is 9.75. The number of rotatable bonds is 4. The SMILES string of the molecule is COC(=O)CCN=CC1(C)CCCCC1=O. The molecule has 1 rings (SSSR count). The van der Waals surface area contributed by atoms with Crippen molar-refractivity contribution < 1.29 is 14.3 Å². The Morgan fingerprint density at radius 1 is 1.56 bits per heavy atom. The second-order valence-electron chi connectivity index (χ2n) is 4.41. The number of hydrogen-bond acceptors (Lipinski definition) is 4. The zero-order valence-corrected chi connectivity index (χ0v) is 9.99. The van der Waals surface area contributed by atoms with Crippen LogP contribution in [0.3, 0.4) is 0 Å². The largest absolute Gasteiger partial charge is 0.469 e. The first-order chi connectivity index (χ1) is 7.58. The van der Waals surface area contributed by atoms with Crippen LogP contribution in [-0.4, -0.2) is 31.6 Å². The average molecular weight is 225 g/mol. The second kappa shape index (κ2) is 5.77. The highest BCUT2D eigenvalue weighted by Gasteiger charge is 2.33. The predicted molar refractivity (Wildman–Crippen MR) is 61.6 cm³/mol. The molecule has 1 aliphatic rings. The van der Waals surface area contributed by atoms with Gasteiger partial charge in [-0.15, -0.1) is 0 Å². The van der Waals surface area contributed by atoms with E-state index < -0.39 is 5.41 Å². The van der Waals surface area contributed by atoms with Crippen LogP contribution < -0.4 is 0 Å². The lowest BCUT2D eigenvalue weighted by Crippen LogP contribution is -2.32. The van der Waals surface area contributed by atoms with E-state index in [0.717, 1.165) is 19.3 Å². The Kier molecular flexibility index (Phi) is 4.65. The van der Waals surface area contributed by atoms with Crippen molar-refractivity contribution in [3.05, 3.63) is 0 Å². The molecule has 0 heterocycles. The number of ketones is 1. The van der Waals surface area contributed by atoms with Gasteiger partial charge >= 0.3 is 5.97 Å². The first-order valence-corrected chi connectivity index (χ1v) is 5.69. The molecule has 0 radical (unpaired) electrons. The van der Waals surface area contributed by atoms with Crippen molar-refractivity contribution in [1.29, 1.82) is 0 Å². The van der Waals surface area contributed by atoms with Gasteiger partial charge in [0.1, 0.15) is 5.78 Å². The first kappa shape index (κ1) is 12.9. The van der Waals surface area contributed by atoms with E-state index in [9.17, 15) is 9.59 Å². The van der Waals surface area contributed by atoms with E-state index in [2.05, 4.69) is 9.73 Å². The summed E-state index contributed by atoms with van der Waals surface area (Å²) >= 11 is 0. The van der Waals surface area contributed by atoms with Gasteiger partial charge in [0.15, 0.2) is 0 Å². The second-order valence-corrected chi connectivity index (χ2v) is 4.41. The van der Waals surface area contributed by atoms with Crippen LogP contribution >= 0.6 is 0 Å². The number of carbonyl (C=O) groups is 2. The Hall–Kier alpha value is -1.19. The highest BCUT2D eigenvalue weighted by molar-refractivity contribution is 5.99. The topological polar surface area (TPSA) is 55.7 Å². The zero-order valence-electron chi connectivity index (χ0n) is 9.99. The molecule has 1 unspecified atom stereocenters. The smallest absolute Gasteiger partial charge is 0.307 e. The summed E-state index contributed by atoms with van der Waals surface area (Å²) in [4.78, 5) is 26.7. The molecule has 1 atom stereocenters. The normalized spacial score (nSPS) is 26.0. The Balaban J connectivity index is 2.42. The molecular formula is C12H19NO3. The summed E-state index contributed by atoms with van der Waals surface area (Å²) in [6, 6.07) is 0. The monoisotopic (exact) mass is 225 g/mol. The molecule has 0 N–H and O–H groups in total. The van der Waals surface area contributed by atoms with E-state index in [1.54, 1.807) is 6.21 Å². The van der Waals surface area contributed by atoms with Crippen molar-refractivity contribution in [1.82, 2.24) is 0 Å². The minimum absolute atomic E-state index is 0.264. The minimum Gasteiger partial charge on any atom is -0.469 e.